The van der Waals surface area contributed by atoms with Crippen LogP contribution in [0.25, 0.3) is 22.4 Å². The summed E-state index contributed by atoms with van der Waals surface area (Å²) in [6.45, 7) is 1.49. The van der Waals surface area contributed by atoms with Crippen LogP contribution < -0.4 is 0 Å². The van der Waals surface area contributed by atoms with Crippen molar-refractivity contribution in [1.29, 1.82) is 0 Å². The van der Waals surface area contributed by atoms with Crippen LogP contribution in [0.15, 0.2) is 48.5 Å². The fraction of sp³-hybridized carbons (Fsp3) is 0.0526. The van der Waals surface area contributed by atoms with E-state index in [2.05, 4.69) is 4.98 Å². The molecule has 6 heteroatoms. The van der Waals surface area contributed by atoms with Crippen LogP contribution in [0.4, 0.5) is 10.1 Å². The maximum atomic E-state index is 14.4. The highest BCUT2D eigenvalue weighted by atomic mass is 19.1. The van der Waals surface area contributed by atoms with Crippen molar-refractivity contribution < 1.29 is 14.1 Å². The van der Waals surface area contributed by atoms with Gasteiger partial charge in [-0.15, -0.1) is 0 Å². The van der Waals surface area contributed by atoms with E-state index in [4.69, 9.17) is 0 Å². The molecule has 4 rings (SSSR count). The number of nitrogens with zero attached hydrogens (tertiary/aromatic N) is 2. The fourth-order valence-corrected chi connectivity index (χ4v) is 3.28. The number of hydrogen-bond acceptors (Lipinski definition) is 4. The number of hydrogen-bond donors (Lipinski definition) is 0. The topological polar surface area (TPSA) is 73.1 Å². The smallest absolute Gasteiger partial charge is 0.288 e. The van der Waals surface area contributed by atoms with Crippen molar-refractivity contribution in [2.24, 2.45) is 0 Å². The quantitative estimate of drug-likeness (QED) is 0.404. The minimum absolute atomic E-state index is 0.00759. The molecule has 0 amide bonds. The fourth-order valence-electron chi connectivity index (χ4n) is 3.28. The minimum Gasteiger partial charge on any atom is -0.288 e. The Hall–Kier alpha value is -3.41. The van der Waals surface area contributed by atoms with Crippen molar-refractivity contribution in [3.63, 3.8) is 0 Å². The summed E-state index contributed by atoms with van der Waals surface area (Å²) in [4.78, 5) is 28.2. The Morgan fingerprint density at radius 3 is 2.20 bits per heavy atom. The third kappa shape index (κ3) is 2.07. The van der Waals surface area contributed by atoms with Crippen molar-refractivity contribution in [1.82, 2.24) is 4.98 Å². The number of carbonyl (C=O) groups is 1. The van der Waals surface area contributed by atoms with Crippen LogP contribution in [0.5, 0.6) is 0 Å². The van der Waals surface area contributed by atoms with E-state index in [1.54, 1.807) is 30.3 Å². The summed E-state index contributed by atoms with van der Waals surface area (Å²) in [7, 11) is 0. The summed E-state index contributed by atoms with van der Waals surface area (Å²) in [6.07, 6.45) is 0. The molecule has 122 valence electrons. The summed E-state index contributed by atoms with van der Waals surface area (Å²) in [5, 5.41) is 11.6. The Balaban J connectivity index is 2.18. The van der Waals surface area contributed by atoms with Gasteiger partial charge < -0.3 is 0 Å². The Bertz CT molecular complexity index is 1080. The molecule has 2 aromatic carbocycles. The number of aromatic nitrogens is 1. The zero-order valence-electron chi connectivity index (χ0n) is 13.1. The first-order valence-electron chi connectivity index (χ1n) is 7.58. The normalized spacial score (nSPS) is 12.0. The summed E-state index contributed by atoms with van der Waals surface area (Å²) < 4.78 is 14.4. The summed E-state index contributed by atoms with van der Waals surface area (Å²) in [6, 6.07) is 12.6. The van der Waals surface area contributed by atoms with Gasteiger partial charge in [0.25, 0.3) is 5.69 Å². The van der Waals surface area contributed by atoms with E-state index in [1.807, 2.05) is 0 Å². The maximum absolute atomic E-state index is 14.4. The highest BCUT2D eigenvalue weighted by molar-refractivity contribution is 6.24. The van der Waals surface area contributed by atoms with Gasteiger partial charge in [-0.3, -0.25) is 14.9 Å². The monoisotopic (exact) mass is 334 g/mol. The second kappa shape index (κ2) is 5.31. The molecule has 0 spiro atoms. The van der Waals surface area contributed by atoms with Gasteiger partial charge in [0.2, 0.25) is 0 Å². The number of rotatable bonds is 2. The van der Waals surface area contributed by atoms with E-state index in [9.17, 15) is 19.3 Å². The highest BCUT2D eigenvalue weighted by Gasteiger charge is 2.37. The average Bonchev–Trinajstić information content (AvgIpc) is 2.87. The van der Waals surface area contributed by atoms with Crippen molar-refractivity contribution in [2.75, 3.05) is 0 Å². The third-order valence-corrected chi connectivity index (χ3v) is 4.33. The number of benzene rings is 2. The SMILES string of the molecule is Cc1nc2c(c(-c3ccccc3F)c1[N+](=O)[O-])C(=O)c1ccccc1-2. The number of pyridine rings is 1. The van der Waals surface area contributed by atoms with Crippen LogP contribution in [0.2, 0.25) is 0 Å². The van der Waals surface area contributed by atoms with Gasteiger partial charge in [-0.2, -0.15) is 0 Å². The molecule has 1 aliphatic carbocycles. The molecule has 0 bridgehead atoms. The molecule has 25 heavy (non-hydrogen) atoms. The van der Waals surface area contributed by atoms with E-state index in [0.29, 0.717) is 16.8 Å². The molecule has 0 saturated heterocycles. The number of carbonyl (C=O) groups excluding carboxylic acids is 1. The lowest BCUT2D eigenvalue weighted by atomic mass is 9.95. The van der Waals surface area contributed by atoms with Gasteiger partial charge >= 0.3 is 0 Å². The Morgan fingerprint density at radius 1 is 0.960 bits per heavy atom. The molecule has 5 nitrogen and oxygen atoms in total. The molecule has 1 aliphatic rings. The van der Waals surface area contributed by atoms with Crippen LogP contribution in [0.3, 0.4) is 0 Å². The van der Waals surface area contributed by atoms with Gasteiger partial charge in [0.1, 0.15) is 11.5 Å². The largest absolute Gasteiger partial charge is 0.299 e. The number of fused-ring (bicyclic) bond motifs is 3. The molecule has 0 radical (unpaired) electrons. The predicted octanol–water partition coefficient (Wildman–Crippen LogP) is 4.32. The predicted molar refractivity (Wildman–Crippen MR) is 89.9 cm³/mol. The average molecular weight is 334 g/mol. The molecule has 0 fully saturated rings. The molecule has 0 atom stereocenters. The first kappa shape index (κ1) is 15.1. The number of halogens is 1. The molecule has 0 aliphatic heterocycles. The second-order valence-electron chi connectivity index (χ2n) is 5.76. The van der Waals surface area contributed by atoms with E-state index >= 15 is 0 Å². The first-order chi connectivity index (χ1) is 12.0. The number of aryl methyl sites for hydroxylation is 1. The maximum Gasteiger partial charge on any atom is 0.299 e. The zero-order chi connectivity index (χ0) is 17.7. The van der Waals surface area contributed by atoms with Gasteiger partial charge in [-0.1, -0.05) is 42.5 Å². The van der Waals surface area contributed by atoms with Crippen LogP contribution in [0.1, 0.15) is 21.6 Å². The van der Waals surface area contributed by atoms with E-state index in [-0.39, 0.29) is 33.9 Å². The molecule has 0 N–H and O–H groups in total. The van der Waals surface area contributed by atoms with Crippen LogP contribution in [-0.2, 0) is 0 Å². The van der Waals surface area contributed by atoms with Crippen LogP contribution in [-0.4, -0.2) is 15.7 Å². The van der Waals surface area contributed by atoms with Crippen molar-refractivity contribution in [2.45, 2.75) is 6.92 Å². The molecular weight excluding hydrogens is 323 g/mol. The summed E-state index contributed by atoms with van der Waals surface area (Å²) in [5.41, 5.74) is 1.30. The van der Waals surface area contributed by atoms with Crippen molar-refractivity contribution in [3.05, 3.63) is 81.3 Å². The Morgan fingerprint density at radius 2 is 1.56 bits per heavy atom. The Labute approximate surface area is 141 Å². The number of ketones is 1. The summed E-state index contributed by atoms with van der Waals surface area (Å²) >= 11 is 0. The lowest BCUT2D eigenvalue weighted by Crippen LogP contribution is -2.06. The molecule has 1 aromatic heterocycles. The molecular formula is C19H11FN2O3. The molecule has 0 unspecified atom stereocenters. The zero-order valence-corrected chi connectivity index (χ0v) is 13.1. The van der Waals surface area contributed by atoms with E-state index in [0.717, 1.165) is 0 Å². The lowest BCUT2D eigenvalue weighted by Gasteiger charge is -2.11. The Kier molecular flexibility index (Phi) is 3.21. The third-order valence-electron chi connectivity index (χ3n) is 4.33. The molecule has 3 aromatic rings. The standard InChI is InChI=1S/C19H11FN2O3/c1-10-18(22(24)25)15(13-8-4-5-9-14(13)20)16-17(21-10)11-6-2-3-7-12(11)19(16)23/h2-9H,1H3. The lowest BCUT2D eigenvalue weighted by molar-refractivity contribution is -0.385. The molecule has 0 saturated carbocycles. The van der Waals surface area contributed by atoms with Gasteiger partial charge in [0.15, 0.2) is 5.78 Å². The number of nitro groups is 1. The summed E-state index contributed by atoms with van der Waals surface area (Å²) in [5.74, 6) is -0.999. The van der Waals surface area contributed by atoms with Gasteiger partial charge in [-0.25, -0.2) is 9.37 Å². The van der Waals surface area contributed by atoms with Crippen molar-refractivity contribution in [3.8, 4) is 22.4 Å². The minimum atomic E-state index is -0.623. The second-order valence-corrected chi connectivity index (χ2v) is 5.76. The van der Waals surface area contributed by atoms with Gasteiger partial charge in [-0.05, 0) is 13.0 Å². The van der Waals surface area contributed by atoms with Gasteiger partial charge in [0, 0.05) is 16.7 Å². The first-order valence-corrected chi connectivity index (χ1v) is 7.58. The van der Waals surface area contributed by atoms with Crippen LogP contribution in [0, 0.1) is 22.9 Å². The van der Waals surface area contributed by atoms with E-state index < -0.39 is 10.7 Å². The van der Waals surface area contributed by atoms with Crippen molar-refractivity contribution >= 4 is 11.5 Å². The van der Waals surface area contributed by atoms with E-state index in [1.165, 1.54) is 25.1 Å². The molecule has 1 heterocycles. The van der Waals surface area contributed by atoms with Gasteiger partial charge in [0.05, 0.1) is 21.7 Å². The highest BCUT2D eigenvalue weighted by Crippen LogP contribution is 2.45. The van der Waals surface area contributed by atoms with Crippen LogP contribution >= 0.6 is 0 Å².